The Morgan fingerprint density at radius 1 is 1.36 bits per heavy atom. The lowest BCUT2D eigenvalue weighted by Crippen LogP contribution is -2.26. The fourth-order valence-corrected chi connectivity index (χ4v) is 2.96. The molecule has 0 N–H and O–H groups in total. The van der Waals surface area contributed by atoms with E-state index in [1.807, 2.05) is 0 Å². The van der Waals surface area contributed by atoms with Crippen LogP contribution in [-0.4, -0.2) is 13.1 Å². The van der Waals surface area contributed by atoms with E-state index in [2.05, 4.69) is 12.2 Å². The van der Waals surface area contributed by atoms with E-state index < -0.39 is 0 Å². The van der Waals surface area contributed by atoms with E-state index in [0.717, 1.165) is 12.8 Å². The fourth-order valence-electron chi connectivity index (χ4n) is 2.96. The molecule has 1 unspecified atom stereocenters. The van der Waals surface area contributed by atoms with Gasteiger partial charge in [0.1, 0.15) is 0 Å². The van der Waals surface area contributed by atoms with Gasteiger partial charge in [0.2, 0.25) is 0 Å². The maximum Gasteiger partial charge on any atom is 0.308 e. The minimum Gasteiger partial charge on any atom is -0.469 e. The first-order valence-electron chi connectivity index (χ1n) is 5.57. The maximum absolute atomic E-state index is 11.6. The highest BCUT2D eigenvalue weighted by atomic mass is 16.5. The van der Waals surface area contributed by atoms with Crippen molar-refractivity contribution in [3.63, 3.8) is 0 Å². The highest BCUT2D eigenvalue weighted by Crippen LogP contribution is 2.41. The molecule has 78 valence electrons. The molecule has 1 fully saturated rings. The molecule has 0 radical (unpaired) electrons. The molecule has 14 heavy (non-hydrogen) atoms. The van der Waals surface area contributed by atoms with Crippen LogP contribution in [-0.2, 0) is 9.53 Å². The topological polar surface area (TPSA) is 26.3 Å². The minimum absolute atomic E-state index is 0.00519. The van der Waals surface area contributed by atoms with Gasteiger partial charge in [0, 0.05) is 0 Å². The van der Waals surface area contributed by atoms with Gasteiger partial charge in [-0.3, -0.25) is 4.79 Å². The molecule has 2 heteroatoms. The zero-order chi connectivity index (χ0) is 9.97. The molecule has 2 rings (SSSR count). The summed E-state index contributed by atoms with van der Waals surface area (Å²) in [7, 11) is 1.50. The number of methoxy groups -OCH3 is 1. The number of esters is 1. The van der Waals surface area contributed by atoms with Gasteiger partial charge in [0.15, 0.2) is 0 Å². The average molecular weight is 194 g/mol. The Labute approximate surface area is 85.3 Å². The molecule has 0 aromatic carbocycles. The Hall–Kier alpha value is -0.790. The van der Waals surface area contributed by atoms with Crippen LogP contribution in [0.3, 0.4) is 0 Å². The molecule has 0 spiro atoms. The van der Waals surface area contributed by atoms with Crippen molar-refractivity contribution in [2.24, 2.45) is 17.8 Å². The molecule has 0 amide bonds. The number of rotatable bonds is 1. The summed E-state index contributed by atoms with van der Waals surface area (Å²) in [5.74, 6) is 1.36. The molecule has 2 aliphatic carbocycles. The predicted octanol–water partition coefficient (Wildman–Crippen LogP) is 2.54. The largest absolute Gasteiger partial charge is 0.469 e. The number of allylic oxidation sites excluding steroid dienone is 2. The zero-order valence-electron chi connectivity index (χ0n) is 8.74. The molecule has 2 aliphatic rings. The fraction of sp³-hybridized carbons (Fsp3) is 0.750. The second-order valence-corrected chi connectivity index (χ2v) is 4.39. The summed E-state index contributed by atoms with van der Waals surface area (Å²) < 4.78 is 4.89. The summed E-state index contributed by atoms with van der Waals surface area (Å²) in [6.45, 7) is 0. The highest BCUT2D eigenvalue weighted by molar-refractivity contribution is 5.72. The summed E-state index contributed by atoms with van der Waals surface area (Å²) in [5, 5.41) is 0. The van der Waals surface area contributed by atoms with Crippen molar-refractivity contribution in [3.05, 3.63) is 12.2 Å². The van der Waals surface area contributed by atoms with Crippen molar-refractivity contribution in [1.82, 2.24) is 0 Å². The molecular weight excluding hydrogens is 176 g/mol. The lowest BCUT2D eigenvalue weighted by molar-refractivity contribution is -0.148. The van der Waals surface area contributed by atoms with Crippen molar-refractivity contribution in [2.45, 2.75) is 32.1 Å². The Bertz CT molecular complexity index is 245. The van der Waals surface area contributed by atoms with Crippen LogP contribution in [0.4, 0.5) is 0 Å². The molecule has 0 saturated heterocycles. The summed E-state index contributed by atoms with van der Waals surface area (Å²) in [5.41, 5.74) is 0. The SMILES string of the molecule is COC(=O)C1CCC=C[C@H]2CCC[C@@H]12. The van der Waals surface area contributed by atoms with Crippen molar-refractivity contribution in [1.29, 1.82) is 0 Å². The van der Waals surface area contributed by atoms with Crippen LogP contribution in [0.25, 0.3) is 0 Å². The number of hydrogen-bond acceptors (Lipinski definition) is 2. The van der Waals surface area contributed by atoms with Gasteiger partial charge in [-0.15, -0.1) is 0 Å². The summed E-state index contributed by atoms with van der Waals surface area (Å²) in [4.78, 5) is 11.6. The molecule has 0 heterocycles. The van der Waals surface area contributed by atoms with Crippen LogP contribution in [0.1, 0.15) is 32.1 Å². The van der Waals surface area contributed by atoms with E-state index >= 15 is 0 Å². The van der Waals surface area contributed by atoms with Crippen molar-refractivity contribution >= 4 is 5.97 Å². The first kappa shape index (κ1) is 9.75. The van der Waals surface area contributed by atoms with Gasteiger partial charge in [-0.05, 0) is 37.5 Å². The Kier molecular flexibility index (Phi) is 2.90. The van der Waals surface area contributed by atoms with Crippen LogP contribution in [0.5, 0.6) is 0 Å². The quantitative estimate of drug-likeness (QED) is 0.473. The second-order valence-electron chi connectivity index (χ2n) is 4.39. The van der Waals surface area contributed by atoms with Gasteiger partial charge in [-0.1, -0.05) is 18.6 Å². The summed E-state index contributed by atoms with van der Waals surface area (Å²) in [6.07, 6.45) is 10.3. The Balaban J connectivity index is 2.13. The van der Waals surface area contributed by atoms with Gasteiger partial charge in [0.05, 0.1) is 13.0 Å². The number of fused-ring (bicyclic) bond motifs is 1. The minimum atomic E-state index is 0.00519. The van der Waals surface area contributed by atoms with Crippen LogP contribution in [0.15, 0.2) is 12.2 Å². The molecular formula is C12H18O2. The third-order valence-electron chi connectivity index (χ3n) is 3.67. The summed E-state index contributed by atoms with van der Waals surface area (Å²) >= 11 is 0. The number of hydrogen-bond donors (Lipinski definition) is 0. The summed E-state index contributed by atoms with van der Waals surface area (Å²) in [6, 6.07) is 0. The van der Waals surface area contributed by atoms with E-state index in [4.69, 9.17) is 4.74 Å². The van der Waals surface area contributed by atoms with E-state index in [1.54, 1.807) is 0 Å². The molecule has 0 aliphatic heterocycles. The maximum atomic E-state index is 11.6. The number of ether oxygens (including phenoxy) is 1. The van der Waals surface area contributed by atoms with Gasteiger partial charge in [0.25, 0.3) is 0 Å². The van der Waals surface area contributed by atoms with Crippen LogP contribution in [0.2, 0.25) is 0 Å². The molecule has 0 aromatic rings. The van der Waals surface area contributed by atoms with Gasteiger partial charge < -0.3 is 4.74 Å². The first-order valence-corrected chi connectivity index (χ1v) is 5.57. The van der Waals surface area contributed by atoms with Crippen LogP contribution in [0, 0.1) is 17.8 Å². The monoisotopic (exact) mass is 194 g/mol. The molecule has 3 atom stereocenters. The zero-order valence-corrected chi connectivity index (χ0v) is 8.74. The average Bonchev–Trinajstić information content (AvgIpc) is 2.57. The number of carbonyl (C=O) groups excluding carboxylic acids is 1. The van der Waals surface area contributed by atoms with Gasteiger partial charge >= 0.3 is 5.97 Å². The number of carbonyl (C=O) groups is 1. The molecule has 0 bridgehead atoms. The Morgan fingerprint density at radius 2 is 2.21 bits per heavy atom. The Morgan fingerprint density at radius 3 is 3.00 bits per heavy atom. The van der Waals surface area contributed by atoms with Crippen LogP contribution < -0.4 is 0 Å². The smallest absolute Gasteiger partial charge is 0.308 e. The second kappa shape index (κ2) is 4.16. The first-order chi connectivity index (χ1) is 6.83. The predicted molar refractivity (Wildman–Crippen MR) is 54.7 cm³/mol. The van der Waals surface area contributed by atoms with Crippen molar-refractivity contribution in [3.8, 4) is 0 Å². The third kappa shape index (κ3) is 1.70. The lowest BCUT2D eigenvalue weighted by atomic mass is 9.83. The third-order valence-corrected chi connectivity index (χ3v) is 3.67. The van der Waals surface area contributed by atoms with E-state index in [1.165, 1.54) is 26.4 Å². The molecule has 1 saturated carbocycles. The normalized spacial score (nSPS) is 36.2. The molecule has 2 nitrogen and oxygen atoms in total. The van der Waals surface area contributed by atoms with E-state index in [-0.39, 0.29) is 11.9 Å². The van der Waals surface area contributed by atoms with E-state index in [9.17, 15) is 4.79 Å². The van der Waals surface area contributed by atoms with Crippen molar-refractivity contribution in [2.75, 3.05) is 7.11 Å². The highest BCUT2D eigenvalue weighted by Gasteiger charge is 2.37. The standard InChI is InChI=1S/C12H18O2/c1-14-12(13)11-7-3-2-5-9-6-4-8-10(9)11/h2,5,9-11H,3-4,6-8H2,1H3/t9-,10+,11?/m0/s1. The van der Waals surface area contributed by atoms with E-state index in [0.29, 0.717) is 11.8 Å². The lowest BCUT2D eigenvalue weighted by Gasteiger charge is -2.22. The van der Waals surface area contributed by atoms with Crippen LogP contribution >= 0.6 is 0 Å². The van der Waals surface area contributed by atoms with Crippen molar-refractivity contribution < 1.29 is 9.53 Å². The molecule has 0 aromatic heterocycles. The van der Waals surface area contributed by atoms with Gasteiger partial charge in [-0.2, -0.15) is 0 Å². The van der Waals surface area contributed by atoms with Gasteiger partial charge in [-0.25, -0.2) is 0 Å².